The summed E-state index contributed by atoms with van der Waals surface area (Å²) in [5, 5.41) is 11.1. The highest BCUT2D eigenvalue weighted by Gasteiger charge is 2.19. The van der Waals surface area contributed by atoms with Gasteiger partial charge in [-0.1, -0.05) is 53.3 Å². The number of fused-ring (bicyclic) bond motifs is 1. The highest BCUT2D eigenvalue weighted by molar-refractivity contribution is 7.10. The van der Waals surface area contributed by atoms with Gasteiger partial charge in [0.05, 0.1) is 11.4 Å². The van der Waals surface area contributed by atoms with Crippen molar-refractivity contribution in [3.63, 3.8) is 0 Å². The molecular weight excluding hydrogens is 410 g/mol. The van der Waals surface area contributed by atoms with Gasteiger partial charge in [0.1, 0.15) is 12.4 Å². The number of ketones is 1. The Bertz CT molecular complexity index is 1190. The first-order valence-corrected chi connectivity index (χ1v) is 10.1. The zero-order valence-corrected chi connectivity index (χ0v) is 16.7. The molecule has 4 rings (SSSR count). The number of hydrogen-bond acceptors (Lipinski definition) is 5. The Kier molecular flexibility index (Phi) is 5.38. The number of halogens is 1. The molecule has 29 heavy (non-hydrogen) atoms. The van der Waals surface area contributed by atoms with Crippen LogP contribution in [-0.2, 0) is 11.3 Å². The molecule has 0 spiro atoms. The van der Waals surface area contributed by atoms with E-state index in [1.807, 2.05) is 24.3 Å². The quantitative estimate of drug-likeness (QED) is 0.612. The van der Waals surface area contributed by atoms with Gasteiger partial charge in [0.2, 0.25) is 5.88 Å². The van der Waals surface area contributed by atoms with Gasteiger partial charge in [0, 0.05) is 10.6 Å². The van der Waals surface area contributed by atoms with E-state index in [1.165, 1.54) is 10.6 Å². The van der Waals surface area contributed by atoms with E-state index < -0.39 is 0 Å². The van der Waals surface area contributed by atoms with Crippen molar-refractivity contribution in [3.05, 3.63) is 85.3 Å². The first kappa shape index (κ1) is 19.2. The van der Waals surface area contributed by atoms with E-state index in [2.05, 4.69) is 0 Å². The van der Waals surface area contributed by atoms with Crippen LogP contribution in [-0.4, -0.2) is 22.1 Å². The van der Waals surface area contributed by atoms with Crippen LogP contribution >= 0.6 is 22.9 Å². The predicted octanol–water partition coefficient (Wildman–Crippen LogP) is 4.48. The van der Waals surface area contributed by atoms with Crippen molar-refractivity contribution in [2.75, 3.05) is 6.61 Å². The van der Waals surface area contributed by atoms with E-state index in [-0.39, 0.29) is 29.7 Å². The molecule has 0 unspecified atom stereocenters. The molecule has 0 radical (unpaired) electrons. The number of aromatic hydroxyl groups is 1. The lowest BCUT2D eigenvalue weighted by Gasteiger charge is -2.12. The number of rotatable bonds is 5. The lowest BCUT2D eigenvalue weighted by atomic mass is 9.91. The number of aromatic nitrogens is 1. The third-order valence-electron chi connectivity index (χ3n) is 4.50. The molecule has 5 nitrogen and oxygen atoms in total. The number of allylic oxidation sites excluding steroid dienone is 2. The van der Waals surface area contributed by atoms with Crippen LogP contribution in [0.15, 0.2) is 59.4 Å². The number of carbonyl (C=O) groups excluding carboxylic acids is 1. The number of thiazole rings is 1. The Morgan fingerprint density at radius 2 is 1.83 bits per heavy atom. The molecule has 0 fully saturated rings. The first-order valence-electron chi connectivity index (χ1n) is 8.87. The van der Waals surface area contributed by atoms with Crippen molar-refractivity contribution in [2.24, 2.45) is 0 Å². The Morgan fingerprint density at radius 1 is 1.07 bits per heavy atom. The van der Waals surface area contributed by atoms with Gasteiger partial charge in [0.15, 0.2) is 5.78 Å². The van der Waals surface area contributed by atoms with E-state index >= 15 is 0 Å². The molecule has 0 aliphatic heterocycles. The summed E-state index contributed by atoms with van der Waals surface area (Å²) in [6.07, 6.45) is 4.82. The summed E-state index contributed by atoms with van der Waals surface area (Å²) < 4.78 is 6.83. The average Bonchev–Trinajstić information content (AvgIpc) is 2.99. The van der Waals surface area contributed by atoms with Gasteiger partial charge in [-0.25, -0.2) is 0 Å². The number of ether oxygens (including phenoxy) is 1. The molecule has 1 heterocycles. The van der Waals surface area contributed by atoms with Gasteiger partial charge >= 0.3 is 4.87 Å². The molecule has 1 aliphatic carbocycles. The molecule has 0 amide bonds. The van der Waals surface area contributed by atoms with Crippen LogP contribution in [0.3, 0.4) is 0 Å². The zero-order chi connectivity index (χ0) is 20.4. The van der Waals surface area contributed by atoms with Crippen LogP contribution in [0, 0.1) is 0 Å². The van der Waals surface area contributed by atoms with E-state index in [4.69, 9.17) is 16.3 Å². The lowest BCUT2D eigenvalue weighted by molar-refractivity contribution is -0.109. The minimum atomic E-state index is -0.318. The summed E-state index contributed by atoms with van der Waals surface area (Å²) >= 11 is 6.73. The van der Waals surface area contributed by atoms with Crippen LogP contribution in [0.25, 0.3) is 17.7 Å². The minimum Gasteiger partial charge on any atom is -0.493 e. The molecule has 0 saturated carbocycles. The van der Waals surface area contributed by atoms with Crippen molar-refractivity contribution in [2.45, 2.75) is 6.54 Å². The number of nitrogens with zero attached hydrogens (tertiary/aromatic N) is 1. The highest BCUT2D eigenvalue weighted by Crippen LogP contribution is 2.31. The molecule has 7 heteroatoms. The second-order valence-corrected chi connectivity index (χ2v) is 7.78. The molecular formula is C22H16ClNO4S. The van der Waals surface area contributed by atoms with Gasteiger partial charge in [-0.15, -0.1) is 0 Å². The van der Waals surface area contributed by atoms with Gasteiger partial charge in [-0.05, 0) is 47.5 Å². The molecule has 0 bridgehead atoms. The van der Waals surface area contributed by atoms with Crippen molar-refractivity contribution in [3.8, 4) is 11.6 Å². The molecule has 1 aliphatic rings. The van der Waals surface area contributed by atoms with E-state index in [0.717, 1.165) is 22.5 Å². The van der Waals surface area contributed by atoms with Crippen LogP contribution < -0.4 is 9.61 Å². The maximum absolute atomic E-state index is 12.4. The van der Waals surface area contributed by atoms with Crippen LogP contribution in [0.2, 0.25) is 5.02 Å². The molecule has 1 N–H and O–H groups in total. The zero-order valence-electron chi connectivity index (χ0n) is 15.2. The van der Waals surface area contributed by atoms with Crippen LogP contribution in [0.1, 0.15) is 16.0 Å². The smallest absolute Gasteiger partial charge is 0.310 e. The van der Waals surface area contributed by atoms with E-state index in [1.54, 1.807) is 36.4 Å². The molecule has 1 aromatic heterocycles. The van der Waals surface area contributed by atoms with Crippen molar-refractivity contribution < 1.29 is 14.6 Å². The fraction of sp³-hybridized carbons (Fsp3) is 0.0909. The van der Waals surface area contributed by atoms with E-state index in [0.29, 0.717) is 21.2 Å². The van der Waals surface area contributed by atoms with Gasteiger partial charge < -0.3 is 9.84 Å². The predicted molar refractivity (Wildman–Crippen MR) is 116 cm³/mol. The minimum absolute atomic E-state index is 0.165. The number of benzene rings is 2. The third kappa shape index (κ3) is 4.04. The summed E-state index contributed by atoms with van der Waals surface area (Å²) in [6, 6.07) is 14.4. The Hall–Kier alpha value is -3.09. The highest BCUT2D eigenvalue weighted by atomic mass is 35.5. The molecule has 146 valence electrons. The fourth-order valence-electron chi connectivity index (χ4n) is 3.05. The summed E-state index contributed by atoms with van der Waals surface area (Å²) in [5.41, 5.74) is 2.14. The van der Waals surface area contributed by atoms with Gasteiger partial charge in [0.25, 0.3) is 0 Å². The SMILES string of the molecule is O=C1C=Cc2ccccc2/C1=C/c1sc(=O)n(CCOc2ccc(Cl)cc2)c1O. The van der Waals surface area contributed by atoms with Gasteiger partial charge in [-0.3, -0.25) is 14.2 Å². The van der Waals surface area contributed by atoms with Crippen molar-refractivity contribution >= 4 is 46.4 Å². The Morgan fingerprint density at radius 3 is 2.62 bits per heavy atom. The van der Waals surface area contributed by atoms with Crippen molar-refractivity contribution in [1.29, 1.82) is 0 Å². The third-order valence-corrected chi connectivity index (χ3v) is 5.66. The summed E-state index contributed by atoms with van der Waals surface area (Å²) in [6.45, 7) is 0.379. The average molecular weight is 426 g/mol. The summed E-state index contributed by atoms with van der Waals surface area (Å²) in [4.78, 5) is 24.7. The number of hydrogen-bond donors (Lipinski definition) is 1. The maximum atomic E-state index is 12.4. The maximum Gasteiger partial charge on any atom is 0.310 e. The standard InChI is InChI=1S/C22H16ClNO4S/c23-15-6-8-16(9-7-15)28-12-11-24-21(26)20(29-22(24)27)13-18-17-4-2-1-3-14(17)5-10-19(18)25/h1-10,13,26H,11-12H2/b18-13-. The first-order chi connectivity index (χ1) is 14.0. The largest absolute Gasteiger partial charge is 0.493 e. The Balaban J connectivity index is 1.56. The summed E-state index contributed by atoms with van der Waals surface area (Å²) in [7, 11) is 0. The molecule has 0 atom stereocenters. The monoisotopic (exact) mass is 425 g/mol. The topological polar surface area (TPSA) is 68.5 Å². The molecule has 0 saturated heterocycles. The van der Waals surface area contributed by atoms with Gasteiger partial charge in [-0.2, -0.15) is 0 Å². The van der Waals surface area contributed by atoms with Crippen LogP contribution in [0.5, 0.6) is 11.6 Å². The second kappa shape index (κ2) is 8.11. The van der Waals surface area contributed by atoms with Crippen LogP contribution in [0.4, 0.5) is 0 Å². The molecule has 3 aromatic rings. The van der Waals surface area contributed by atoms with E-state index in [9.17, 15) is 14.7 Å². The Labute approximate surface area is 175 Å². The second-order valence-electron chi connectivity index (χ2n) is 6.35. The fourth-order valence-corrected chi connectivity index (χ4v) is 4.03. The number of carbonyl (C=O) groups is 1. The lowest BCUT2D eigenvalue weighted by Crippen LogP contribution is -2.17. The summed E-state index contributed by atoms with van der Waals surface area (Å²) in [5.74, 6) is 0.282. The van der Waals surface area contributed by atoms with Crippen molar-refractivity contribution in [1.82, 2.24) is 4.57 Å². The molecule has 2 aromatic carbocycles. The normalized spacial score (nSPS) is 14.2.